The first-order valence-electron chi connectivity index (χ1n) is 7.42. The summed E-state index contributed by atoms with van der Waals surface area (Å²) in [5.41, 5.74) is 8.64. The second-order valence-corrected chi connectivity index (χ2v) is 6.45. The zero-order valence-corrected chi connectivity index (χ0v) is 14.0. The van der Waals surface area contributed by atoms with Gasteiger partial charge in [-0.2, -0.15) is 0 Å². The average molecular weight is 325 g/mol. The molecule has 0 radical (unpaired) electrons. The Morgan fingerprint density at radius 2 is 1.96 bits per heavy atom. The van der Waals surface area contributed by atoms with Crippen LogP contribution in [0.3, 0.4) is 0 Å². The number of aryl methyl sites for hydroxylation is 1. The highest BCUT2D eigenvalue weighted by molar-refractivity contribution is 7.99. The van der Waals surface area contributed by atoms with Crippen LogP contribution in [0.15, 0.2) is 58.8 Å². The van der Waals surface area contributed by atoms with Gasteiger partial charge in [-0.3, -0.25) is 4.98 Å². The Kier molecular flexibility index (Phi) is 4.73. The quantitative estimate of drug-likeness (QED) is 0.781. The number of benzene rings is 1. The lowest BCUT2D eigenvalue weighted by Crippen LogP contribution is -2.18. The summed E-state index contributed by atoms with van der Waals surface area (Å²) < 4.78 is 1.97. The Labute approximate surface area is 140 Å². The molecule has 0 aliphatic rings. The van der Waals surface area contributed by atoms with Crippen LogP contribution in [-0.4, -0.2) is 19.7 Å². The van der Waals surface area contributed by atoms with Crippen LogP contribution in [0.25, 0.3) is 0 Å². The summed E-state index contributed by atoms with van der Waals surface area (Å²) in [6.07, 6.45) is 4.38. The Morgan fingerprint density at radius 1 is 1.17 bits per heavy atom. The predicted molar refractivity (Wildman–Crippen MR) is 91.2 cm³/mol. The largest absolute Gasteiger partial charge is 0.321 e. The molecule has 0 bridgehead atoms. The van der Waals surface area contributed by atoms with Gasteiger partial charge in [0.2, 0.25) is 0 Å². The van der Waals surface area contributed by atoms with Gasteiger partial charge in [0.25, 0.3) is 0 Å². The van der Waals surface area contributed by atoms with Crippen molar-refractivity contribution in [1.29, 1.82) is 0 Å². The van der Waals surface area contributed by atoms with E-state index in [1.165, 1.54) is 5.56 Å². The van der Waals surface area contributed by atoms with Gasteiger partial charge in [0.05, 0.1) is 6.04 Å². The smallest absolute Gasteiger partial charge is 0.195 e. The normalized spacial score (nSPS) is 12.3. The van der Waals surface area contributed by atoms with Gasteiger partial charge in [0.1, 0.15) is 0 Å². The zero-order valence-electron chi connectivity index (χ0n) is 13.2. The topological polar surface area (TPSA) is 69.6 Å². The molecule has 0 saturated carbocycles. The van der Waals surface area contributed by atoms with E-state index in [4.69, 9.17) is 5.73 Å². The van der Waals surface area contributed by atoms with Gasteiger partial charge >= 0.3 is 0 Å². The van der Waals surface area contributed by atoms with Crippen molar-refractivity contribution in [3.8, 4) is 0 Å². The summed E-state index contributed by atoms with van der Waals surface area (Å²) >= 11 is 1.58. The Balaban J connectivity index is 1.78. The van der Waals surface area contributed by atoms with Crippen LogP contribution in [0.5, 0.6) is 0 Å². The predicted octanol–water partition coefficient (Wildman–Crippen LogP) is 2.91. The number of hydrogen-bond donors (Lipinski definition) is 1. The summed E-state index contributed by atoms with van der Waals surface area (Å²) in [5, 5.41) is 9.41. The second-order valence-electron chi connectivity index (χ2n) is 5.44. The molecule has 0 fully saturated rings. The lowest BCUT2D eigenvalue weighted by molar-refractivity contribution is 0.616. The highest BCUT2D eigenvalue weighted by Gasteiger charge is 2.17. The molecule has 5 nitrogen and oxygen atoms in total. The van der Waals surface area contributed by atoms with E-state index in [9.17, 15) is 0 Å². The molecule has 23 heavy (non-hydrogen) atoms. The number of aromatic nitrogens is 4. The highest BCUT2D eigenvalue weighted by atomic mass is 32.2. The number of hydrogen-bond acceptors (Lipinski definition) is 5. The summed E-state index contributed by atoms with van der Waals surface area (Å²) in [7, 11) is 1.96. The fourth-order valence-electron chi connectivity index (χ4n) is 2.37. The van der Waals surface area contributed by atoms with Gasteiger partial charge in [-0.15, -0.1) is 10.2 Å². The van der Waals surface area contributed by atoms with E-state index in [-0.39, 0.29) is 6.04 Å². The lowest BCUT2D eigenvalue weighted by atomic mass is 10.1. The minimum Gasteiger partial charge on any atom is -0.321 e. The van der Waals surface area contributed by atoms with E-state index in [2.05, 4.69) is 27.3 Å². The van der Waals surface area contributed by atoms with Crippen molar-refractivity contribution in [3.63, 3.8) is 0 Å². The van der Waals surface area contributed by atoms with Crippen molar-refractivity contribution < 1.29 is 0 Å². The zero-order chi connectivity index (χ0) is 16.2. The minimum absolute atomic E-state index is 0.178. The fourth-order valence-corrected chi connectivity index (χ4v) is 3.22. The molecule has 0 aliphatic carbocycles. The van der Waals surface area contributed by atoms with Gasteiger partial charge in [0, 0.05) is 24.3 Å². The average Bonchev–Trinajstić information content (AvgIpc) is 2.92. The van der Waals surface area contributed by atoms with Crippen LogP contribution in [0.1, 0.15) is 23.0 Å². The number of rotatable bonds is 5. The van der Waals surface area contributed by atoms with E-state index in [0.717, 1.165) is 27.9 Å². The lowest BCUT2D eigenvalue weighted by Gasteiger charge is -2.11. The highest BCUT2D eigenvalue weighted by Crippen LogP contribution is 2.29. The third-order valence-corrected chi connectivity index (χ3v) is 4.88. The standard InChI is InChI=1S/C17H19N5S/c1-12-11-19-9-8-15(12)23-17-21-20-16(22(17)2)14(18)10-13-6-4-3-5-7-13/h3-9,11,14H,10,18H2,1-2H3/t14-/m0/s1. The third-order valence-electron chi connectivity index (χ3n) is 3.67. The maximum absolute atomic E-state index is 6.32. The van der Waals surface area contributed by atoms with Crippen LogP contribution in [0.2, 0.25) is 0 Å². The van der Waals surface area contributed by atoms with Crippen LogP contribution in [0, 0.1) is 6.92 Å². The Morgan fingerprint density at radius 3 is 2.70 bits per heavy atom. The molecule has 0 amide bonds. The van der Waals surface area contributed by atoms with Gasteiger partial charge in [-0.1, -0.05) is 30.3 Å². The fraction of sp³-hybridized carbons (Fsp3) is 0.235. The molecule has 6 heteroatoms. The van der Waals surface area contributed by atoms with E-state index in [1.54, 1.807) is 18.0 Å². The molecule has 2 heterocycles. The summed E-state index contributed by atoms with van der Waals surface area (Å²) in [4.78, 5) is 5.24. The first-order valence-corrected chi connectivity index (χ1v) is 8.24. The molecule has 1 atom stereocenters. The van der Waals surface area contributed by atoms with Crippen LogP contribution in [0.4, 0.5) is 0 Å². The third kappa shape index (κ3) is 3.60. The molecule has 3 rings (SSSR count). The summed E-state index contributed by atoms with van der Waals surface area (Å²) in [6, 6.07) is 12.0. The van der Waals surface area contributed by atoms with Crippen molar-refractivity contribution in [2.45, 2.75) is 29.4 Å². The molecular weight excluding hydrogens is 306 g/mol. The second kappa shape index (κ2) is 6.93. The van der Waals surface area contributed by atoms with Crippen molar-refractivity contribution in [2.75, 3.05) is 0 Å². The monoisotopic (exact) mass is 325 g/mol. The molecule has 0 saturated heterocycles. The molecule has 3 aromatic rings. The first kappa shape index (κ1) is 15.7. The van der Waals surface area contributed by atoms with E-state index in [0.29, 0.717) is 0 Å². The van der Waals surface area contributed by atoms with Crippen LogP contribution >= 0.6 is 11.8 Å². The van der Waals surface area contributed by atoms with Gasteiger partial charge < -0.3 is 10.3 Å². The van der Waals surface area contributed by atoms with Crippen LogP contribution in [-0.2, 0) is 13.5 Å². The van der Waals surface area contributed by atoms with E-state index < -0.39 is 0 Å². The van der Waals surface area contributed by atoms with Crippen molar-refractivity contribution >= 4 is 11.8 Å². The van der Waals surface area contributed by atoms with Crippen molar-refractivity contribution in [1.82, 2.24) is 19.7 Å². The molecule has 0 aliphatic heterocycles. The number of nitrogens with two attached hydrogens (primary N) is 1. The van der Waals surface area contributed by atoms with E-state index >= 15 is 0 Å². The molecule has 2 N–H and O–H groups in total. The van der Waals surface area contributed by atoms with Gasteiger partial charge in [0.15, 0.2) is 11.0 Å². The Hall–Kier alpha value is -2.18. The van der Waals surface area contributed by atoms with Gasteiger partial charge in [-0.05, 0) is 42.3 Å². The SMILES string of the molecule is Cc1cnccc1Sc1nnc([C@@H](N)Cc2ccccc2)n1C. The minimum atomic E-state index is -0.178. The summed E-state index contributed by atoms with van der Waals surface area (Å²) in [6.45, 7) is 2.04. The molecule has 2 aromatic heterocycles. The Bertz CT molecular complexity index is 785. The van der Waals surface area contributed by atoms with Crippen molar-refractivity contribution in [3.05, 3.63) is 65.7 Å². The molecule has 118 valence electrons. The van der Waals surface area contributed by atoms with Crippen molar-refractivity contribution in [2.24, 2.45) is 12.8 Å². The maximum atomic E-state index is 6.32. The first-order chi connectivity index (χ1) is 11.1. The maximum Gasteiger partial charge on any atom is 0.195 e. The van der Waals surface area contributed by atoms with E-state index in [1.807, 2.05) is 49.0 Å². The summed E-state index contributed by atoms with van der Waals surface area (Å²) in [5.74, 6) is 0.795. The number of nitrogens with zero attached hydrogens (tertiary/aromatic N) is 4. The molecular formula is C17H19N5S. The molecule has 0 spiro atoms. The van der Waals surface area contributed by atoms with Crippen LogP contribution < -0.4 is 5.73 Å². The van der Waals surface area contributed by atoms with Gasteiger partial charge in [-0.25, -0.2) is 0 Å². The molecule has 0 unspecified atom stereocenters. The number of pyridine rings is 1. The molecule has 1 aromatic carbocycles.